The summed E-state index contributed by atoms with van der Waals surface area (Å²) >= 11 is 0. The maximum atomic E-state index is 11.0. The molecule has 1 aromatic rings. The van der Waals surface area contributed by atoms with Crippen LogP contribution in [0, 0.1) is 11.8 Å². The number of carboxylic acid groups (broad SMARTS) is 1. The summed E-state index contributed by atoms with van der Waals surface area (Å²) in [5.74, 6) is 5.27. The number of benzene rings is 1. The number of unbranched alkanes of at least 4 members (excludes halogenated alkanes) is 2. The van der Waals surface area contributed by atoms with E-state index < -0.39 is 5.97 Å². The summed E-state index contributed by atoms with van der Waals surface area (Å²) in [5, 5.41) is 12.1. The molecule has 0 heterocycles. The molecule has 1 rings (SSSR count). The number of anilines is 1. The highest BCUT2D eigenvalue weighted by molar-refractivity contribution is 5.94. The molecule has 0 aromatic heterocycles. The quantitative estimate of drug-likeness (QED) is 0.596. The van der Waals surface area contributed by atoms with Crippen LogP contribution in [0.15, 0.2) is 24.3 Å². The lowest BCUT2D eigenvalue weighted by Crippen LogP contribution is -2.06. The minimum atomic E-state index is -0.910. The van der Waals surface area contributed by atoms with Gasteiger partial charge < -0.3 is 10.4 Å². The number of carboxylic acids is 1. The van der Waals surface area contributed by atoms with Crippen LogP contribution in [-0.2, 0) is 0 Å². The van der Waals surface area contributed by atoms with Crippen LogP contribution in [0.5, 0.6) is 0 Å². The van der Waals surface area contributed by atoms with E-state index in [0.29, 0.717) is 17.8 Å². The molecule has 0 saturated carbocycles. The van der Waals surface area contributed by atoms with Gasteiger partial charge in [-0.2, -0.15) is 0 Å². The first-order valence-electron chi connectivity index (χ1n) is 6.27. The molecule has 0 radical (unpaired) electrons. The molecule has 3 heteroatoms. The van der Waals surface area contributed by atoms with Gasteiger partial charge in [0.15, 0.2) is 0 Å². The Hall–Kier alpha value is -1.95. The van der Waals surface area contributed by atoms with Crippen LogP contribution in [0.4, 0.5) is 5.69 Å². The lowest BCUT2D eigenvalue weighted by molar-refractivity contribution is 0.0698. The van der Waals surface area contributed by atoms with E-state index in [2.05, 4.69) is 24.1 Å². The Morgan fingerprint density at radius 1 is 1.28 bits per heavy atom. The number of hydrogen-bond donors (Lipinski definition) is 2. The maximum Gasteiger partial charge on any atom is 0.337 e. The Bertz CT molecular complexity index is 443. The number of nitrogens with one attached hydrogen (secondary N) is 1. The molecule has 0 fully saturated rings. The Balaban J connectivity index is 2.39. The van der Waals surface area contributed by atoms with Gasteiger partial charge in [-0.1, -0.05) is 25.5 Å². The van der Waals surface area contributed by atoms with Gasteiger partial charge in [-0.3, -0.25) is 0 Å². The van der Waals surface area contributed by atoms with Crippen LogP contribution < -0.4 is 5.32 Å². The Kier molecular flexibility index (Phi) is 6.42. The Labute approximate surface area is 108 Å². The first-order chi connectivity index (χ1) is 8.75. The van der Waals surface area contributed by atoms with Crippen molar-refractivity contribution in [3.05, 3.63) is 29.8 Å². The minimum Gasteiger partial charge on any atom is -0.478 e. The van der Waals surface area contributed by atoms with Crippen molar-refractivity contribution in [2.75, 3.05) is 11.9 Å². The zero-order valence-electron chi connectivity index (χ0n) is 10.7. The molecular weight excluding hydrogens is 226 g/mol. The zero-order valence-corrected chi connectivity index (χ0v) is 10.7. The third kappa shape index (κ3) is 4.92. The molecule has 0 atom stereocenters. The van der Waals surface area contributed by atoms with E-state index in [0.717, 1.165) is 19.3 Å². The lowest BCUT2D eigenvalue weighted by Gasteiger charge is -2.07. The maximum absolute atomic E-state index is 11.0. The SMILES string of the molecule is CCCCC#CCCNc1ccccc1C(=O)O. The molecule has 1 aromatic carbocycles. The Morgan fingerprint density at radius 3 is 2.72 bits per heavy atom. The number of carbonyl (C=O) groups is 1. The van der Waals surface area contributed by atoms with E-state index in [4.69, 9.17) is 5.11 Å². The summed E-state index contributed by atoms with van der Waals surface area (Å²) in [6.45, 7) is 2.81. The van der Waals surface area contributed by atoms with Gasteiger partial charge in [-0.05, 0) is 18.6 Å². The summed E-state index contributed by atoms with van der Waals surface area (Å²) in [4.78, 5) is 11.0. The van der Waals surface area contributed by atoms with E-state index in [1.165, 1.54) is 6.42 Å². The molecular formula is C15H19NO2. The van der Waals surface area contributed by atoms with Gasteiger partial charge >= 0.3 is 5.97 Å². The second-order valence-corrected chi connectivity index (χ2v) is 3.98. The topological polar surface area (TPSA) is 49.3 Å². The third-order valence-corrected chi connectivity index (χ3v) is 2.50. The molecule has 0 amide bonds. The van der Waals surface area contributed by atoms with Crippen molar-refractivity contribution in [3.8, 4) is 11.8 Å². The van der Waals surface area contributed by atoms with Crippen molar-refractivity contribution in [1.29, 1.82) is 0 Å². The minimum absolute atomic E-state index is 0.302. The van der Waals surface area contributed by atoms with Crippen molar-refractivity contribution in [2.24, 2.45) is 0 Å². The van der Waals surface area contributed by atoms with Gasteiger partial charge in [0.2, 0.25) is 0 Å². The highest BCUT2D eigenvalue weighted by Gasteiger charge is 2.07. The Morgan fingerprint density at radius 2 is 2.00 bits per heavy atom. The lowest BCUT2D eigenvalue weighted by atomic mass is 10.2. The van der Waals surface area contributed by atoms with Gasteiger partial charge in [-0.25, -0.2) is 4.79 Å². The highest BCUT2D eigenvalue weighted by Crippen LogP contribution is 2.14. The second-order valence-electron chi connectivity index (χ2n) is 3.98. The summed E-state index contributed by atoms with van der Waals surface area (Å²) in [7, 11) is 0. The molecule has 0 saturated heterocycles. The summed E-state index contributed by atoms with van der Waals surface area (Å²) in [6, 6.07) is 6.91. The number of rotatable bonds is 6. The molecule has 3 nitrogen and oxygen atoms in total. The van der Waals surface area contributed by atoms with Crippen molar-refractivity contribution in [3.63, 3.8) is 0 Å². The summed E-state index contributed by atoms with van der Waals surface area (Å²) in [6.07, 6.45) is 3.99. The average molecular weight is 245 g/mol. The molecule has 0 aliphatic carbocycles. The van der Waals surface area contributed by atoms with E-state index in [9.17, 15) is 4.79 Å². The van der Waals surface area contributed by atoms with E-state index in [1.807, 2.05) is 6.07 Å². The van der Waals surface area contributed by atoms with Crippen LogP contribution in [0.25, 0.3) is 0 Å². The number of para-hydroxylation sites is 1. The van der Waals surface area contributed by atoms with Gasteiger partial charge in [0, 0.05) is 25.1 Å². The van der Waals surface area contributed by atoms with Crippen molar-refractivity contribution >= 4 is 11.7 Å². The fraction of sp³-hybridized carbons (Fsp3) is 0.400. The largest absolute Gasteiger partial charge is 0.478 e. The number of aromatic carboxylic acids is 1. The molecule has 96 valence electrons. The molecule has 0 aliphatic heterocycles. The predicted molar refractivity (Wildman–Crippen MR) is 73.8 cm³/mol. The third-order valence-electron chi connectivity index (χ3n) is 2.50. The van der Waals surface area contributed by atoms with Crippen molar-refractivity contribution < 1.29 is 9.90 Å². The fourth-order valence-corrected chi connectivity index (χ4v) is 1.53. The van der Waals surface area contributed by atoms with E-state index in [1.54, 1.807) is 18.2 Å². The molecule has 2 N–H and O–H groups in total. The smallest absolute Gasteiger partial charge is 0.337 e. The van der Waals surface area contributed by atoms with Gasteiger partial charge in [0.25, 0.3) is 0 Å². The van der Waals surface area contributed by atoms with Crippen molar-refractivity contribution in [1.82, 2.24) is 0 Å². The predicted octanol–water partition coefficient (Wildman–Crippen LogP) is 3.38. The number of hydrogen-bond acceptors (Lipinski definition) is 2. The monoisotopic (exact) mass is 245 g/mol. The standard InChI is InChI=1S/C15H19NO2/c1-2-3-4-5-6-9-12-16-14-11-8-7-10-13(14)15(17)18/h7-8,10-11,16H,2-4,9,12H2,1H3,(H,17,18). The normalized spacial score (nSPS) is 9.39. The van der Waals surface area contributed by atoms with Crippen LogP contribution in [0.1, 0.15) is 43.0 Å². The molecule has 0 bridgehead atoms. The van der Waals surface area contributed by atoms with Crippen LogP contribution >= 0.6 is 0 Å². The first-order valence-corrected chi connectivity index (χ1v) is 6.27. The van der Waals surface area contributed by atoms with E-state index >= 15 is 0 Å². The van der Waals surface area contributed by atoms with Gasteiger partial charge in [0.1, 0.15) is 0 Å². The summed E-state index contributed by atoms with van der Waals surface area (Å²) in [5.41, 5.74) is 0.955. The van der Waals surface area contributed by atoms with Crippen molar-refractivity contribution in [2.45, 2.75) is 32.6 Å². The van der Waals surface area contributed by atoms with Crippen LogP contribution in [0.3, 0.4) is 0 Å². The second kappa shape index (κ2) is 8.19. The first kappa shape index (κ1) is 14.1. The van der Waals surface area contributed by atoms with Gasteiger partial charge in [-0.15, -0.1) is 11.8 Å². The van der Waals surface area contributed by atoms with Gasteiger partial charge in [0.05, 0.1) is 5.56 Å². The fourth-order valence-electron chi connectivity index (χ4n) is 1.53. The average Bonchev–Trinajstić information content (AvgIpc) is 2.38. The van der Waals surface area contributed by atoms with Crippen LogP contribution in [-0.4, -0.2) is 17.6 Å². The zero-order chi connectivity index (χ0) is 13.2. The molecule has 18 heavy (non-hydrogen) atoms. The van der Waals surface area contributed by atoms with Crippen LogP contribution in [0.2, 0.25) is 0 Å². The molecule has 0 spiro atoms. The molecule has 0 aliphatic rings. The highest BCUT2D eigenvalue weighted by atomic mass is 16.4. The summed E-state index contributed by atoms with van der Waals surface area (Å²) < 4.78 is 0. The molecule has 0 unspecified atom stereocenters. The van der Waals surface area contributed by atoms with E-state index in [-0.39, 0.29) is 0 Å².